The van der Waals surface area contributed by atoms with Crippen LogP contribution in [0, 0.1) is 5.41 Å². The summed E-state index contributed by atoms with van der Waals surface area (Å²) in [6.07, 6.45) is 0.726. The predicted octanol–water partition coefficient (Wildman–Crippen LogP) is 0.701. The van der Waals surface area contributed by atoms with Gasteiger partial charge in [-0.25, -0.2) is 0 Å². The summed E-state index contributed by atoms with van der Waals surface area (Å²) in [6.45, 7) is 4.59. The maximum absolute atomic E-state index is 11.0. The Balaban J connectivity index is 2.41. The van der Waals surface area contributed by atoms with Gasteiger partial charge in [0.2, 0.25) is 0 Å². The Morgan fingerprint density at radius 1 is 1.38 bits per heavy atom. The fourth-order valence-electron chi connectivity index (χ4n) is 1.40. The van der Waals surface area contributed by atoms with Gasteiger partial charge in [0.25, 0.3) is 0 Å². The first kappa shape index (κ1) is 13.4. The van der Waals surface area contributed by atoms with Crippen molar-refractivity contribution in [3.05, 3.63) is 0 Å². The summed E-state index contributed by atoms with van der Waals surface area (Å²) < 4.78 is 15.7. The van der Waals surface area contributed by atoms with E-state index in [1.54, 1.807) is 6.92 Å². The fourth-order valence-corrected chi connectivity index (χ4v) is 1.40. The lowest BCUT2D eigenvalue weighted by atomic mass is 9.92. The van der Waals surface area contributed by atoms with Crippen LogP contribution in [0.2, 0.25) is 0 Å². The van der Waals surface area contributed by atoms with Crippen molar-refractivity contribution in [2.75, 3.05) is 26.9 Å². The highest BCUT2D eigenvalue weighted by Crippen LogP contribution is 2.31. The van der Waals surface area contributed by atoms with E-state index in [-0.39, 0.29) is 24.4 Å². The SMILES string of the molecule is COC(=O)CCC1(C)OCC(C)(CO)CO1. The molecule has 0 bridgehead atoms. The van der Waals surface area contributed by atoms with Crippen molar-refractivity contribution in [3.63, 3.8) is 0 Å². The van der Waals surface area contributed by atoms with Crippen molar-refractivity contribution >= 4 is 5.97 Å². The van der Waals surface area contributed by atoms with E-state index in [9.17, 15) is 4.79 Å². The highest BCUT2D eigenvalue weighted by atomic mass is 16.7. The van der Waals surface area contributed by atoms with Crippen molar-refractivity contribution in [3.8, 4) is 0 Å². The number of hydrogen-bond acceptors (Lipinski definition) is 5. The topological polar surface area (TPSA) is 65.0 Å². The van der Waals surface area contributed by atoms with Crippen LogP contribution in [0.5, 0.6) is 0 Å². The van der Waals surface area contributed by atoms with Crippen LogP contribution in [-0.4, -0.2) is 43.8 Å². The third kappa shape index (κ3) is 3.43. The van der Waals surface area contributed by atoms with Crippen LogP contribution in [0.1, 0.15) is 26.7 Å². The number of aliphatic hydroxyl groups excluding tert-OH is 1. The third-order valence-corrected chi connectivity index (χ3v) is 2.84. The van der Waals surface area contributed by atoms with E-state index in [2.05, 4.69) is 4.74 Å². The number of esters is 1. The van der Waals surface area contributed by atoms with E-state index in [0.29, 0.717) is 19.6 Å². The zero-order valence-electron chi connectivity index (χ0n) is 10.1. The standard InChI is InChI=1S/C11H20O5/c1-10(6-12)7-15-11(2,16-8-10)5-4-9(13)14-3/h12H,4-8H2,1-3H3. The second-order valence-corrected chi connectivity index (χ2v) is 4.76. The summed E-state index contributed by atoms with van der Waals surface area (Å²) >= 11 is 0. The minimum atomic E-state index is -0.747. The highest BCUT2D eigenvalue weighted by Gasteiger charge is 2.39. The van der Waals surface area contributed by atoms with Crippen LogP contribution in [0.4, 0.5) is 0 Å². The quantitative estimate of drug-likeness (QED) is 0.723. The number of methoxy groups -OCH3 is 1. The van der Waals surface area contributed by atoms with Crippen molar-refractivity contribution in [1.29, 1.82) is 0 Å². The van der Waals surface area contributed by atoms with Gasteiger partial charge in [0.1, 0.15) is 0 Å². The number of ether oxygens (including phenoxy) is 3. The molecule has 1 heterocycles. The highest BCUT2D eigenvalue weighted by molar-refractivity contribution is 5.69. The van der Waals surface area contributed by atoms with Crippen LogP contribution in [-0.2, 0) is 19.0 Å². The van der Waals surface area contributed by atoms with Gasteiger partial charge < -0.3 is 19.3 Å². The van der Waals surface area contributed by atoms with Gasteiger partial charge in [-0.15, -0.1) is 0 Å². The summed E-state index contributed by atoms with van der Waals surface area (Å²) in [5.41, 5.74) is -0.342. The number of hydrogen-bond donors (Lipinski definition) is 1. The van der Waals surface area contributed by atoms with Crippen LogP contribution >= 0.6 is 0 Å². The van der Waals surface area contributed by atoms with Crippen LogP contribution < -0.4 is 0 Å². The lowest BCUT2D eigenvalue weighted by molar-refractivity contribution is -0.298. The largest absolute Gasteiger partial charge is 0.469 e. The van der Waals surface area contributed by atoms with Gasteiger partial charge in [0, 0.05) is 11.8 Å². The summed E-state index contributed by atoms with van der Waals surface area (Å²) in [7, 11) is 1.36. The van der Waals surface area contributed by atoms with Crippen molar-refractivity contribution in [2.24, 2.45) is 5.41 Å². The van der Waals surface area contributed by atoms with Gasteiger partial charge in [-0.3, -0.25) is 4.79 Å². The second kappa shape index (κ2) is 5.12. The van der Waals surface area contributed by atoms with Gasteiger partial charge >= 0.3 is 5.97 Å². The Morgan fingerprint density at radius 2 is 1.94 bits per heavy atom. The summed E-state index contributed by atoms with van der Waals surface area (Å²) in [4.78, 5) is 11.0. The Hall–Kier alpha value is -0.650. The van der Waals surface area contributed by atoms with E-state index >= 15 is 0 Å². The summed E-state index contributed by atoms with van der Waals surface area (Å²) in [5, 5.41) is 9.14. The molecule has 16 heavy (non-hydrogen) atoms. The molecule has 1 N–H and O–H groups in total. The van der Waals surface area contributed by atoms with Gasteiger partial charge in [0.05, 0.1) is 33.4 Å². The predicted molar refractivity (Wildman–Crippen MR) is 56.8 cm³/mol. The molecule has 0 aromatic heterocycles. The Morgan fingerprint density at radius 3 is 2.38 bits per heavy atom. The smallest absolute Gasteiger partial charge is 0.305 e. The molecule has 0 aliphatic carbocycles. The van der Waals surface area contributed by atoms with E-state index in [1.807, 2.05) is 6.92 Å². The first-order valence-electron chi connectivity index (χ1n) is 5.39. The molecule has 0 atom stereocenters. The molecule has 0 radical (unpaired) electrons. The molecule has 0 aromatic rings. The molecule has 5 nitrogen and oxygen atoms in total. The van der Waals surface area contributed by atoms with Gasteiger partial charge in [-0.05, 0) is 6.92 Å². The average molecular weight is 232 g/mol. The maximum Gasteiger partial charge on any atom is 0.305 e. The Kier molecular flexibility index (Phi) is 4.29. The average Bonchev–Trinajstić information content (AvgIpc) is 2.31. The Labute approximate surface area is 95.7 Å². The molecule has 5 heteroatoms. The molecule has 1 fully saturated rings. The first-order chi connectivity index (χ1) is 7.43. The number of carbonyl (C=O) groups excluding carboxylic acids is 1. The zero-order chi connectivity index (χ0) is 12.2. The summed E-state index contributed by atoms with van der Waals surface area (Å²) in [5.74, 6) is -1.02. The molecule has 0 amide bonds. The van der Waals surface area contributed by atoms with Crippen LogP contribution in [0.3, 0.4) is 0 Å². The molecular weight excluding hydrogens is 212 g/mol. The fraction of sp³-hybridized carbons (Fsp3) is 0.909. The summed E-state index contributed by atoms with van der Waals surface area (Å²) in [6, 6.07) is 0. The third-order valence-electron chi connectivity index (χ3n) is 2.84. The molecule has 1 aliphatic heterocycles. The van der Waals surface area contributed by atoms with Crippen LogP contribution in [0.25, 0.3) is 0 Å². The van der Waals surface area contributed by atoms with Crippen molar-refractivity contribution in [2.45, 2.75) is 32.5 Å². The molecule has 0 saturated carbocycles. The maximum atomic E-state index is 11.0. The first-order valence-corrected chi connectivity index (χ1v) is 5.39. The van der Waals surface area contributed by atoms with E-state index < -0.39 is 5.79 Å². The second-order valence-electron chi connectivity index (χ2n) is 4.76. The van der Waals surface area contributed by atoms with E-state index in [0.717, 1.165) is 0 Å². The van der Waals surface area contributed by atoms with Gasteiger partial charge in [0.15, 0.2) is 5.79 Å². The molecule has 1 saturated heterocycles. The number of carbonyl (C=O) groups is 1. The lowest BCUT2D eigenvalue weighted by Gasteiger charge is -2.42. The Bertz CT molecular complexity index is 243. The monoisotopic (exact) mass is 232 g/mol. The van der Waals surface area contributed by atoms with Gasteiger partial charge in [-0.2, -0.15) is 0 Å². The van der Waals surface area contributed by atoms with Crippen molar-refractivity contribution in [1.82, 2.24) is 0 Å². The normalized spacial score (nSPS) is 34.8. The minimum absolute atomic E-state index is 0.0279. The van der Waals surface area contributed by atoms with E-state index in [4.69, 9.17) is 14.6 Å². The van der Waals surface area contributed by atoms with E-state index in [1.165, 1.54) is 7.11 Å². The van der Waals surface area contributed by atoms with Gasteiger partial charge in [-0.1, -0.05) is 6.92 Å². The number of rotatable bonds is 4. The molecular formula is C11H20O5. The zero-order valence-corrected chi connectivity index (χ0v) is 10.1. The molecule has 1 rings (SSSR count). The molecule has 94 valence electrons. The molecule has 0 unspecified atom stereocenters. The number of aliphatic hydroxyl groups is 1. The van der Waals surface area contributed by atoms with Crippen LogP contribution in [0.15, 0.2) is 0 Å². The molecule has 0 aromatic carbocycles. The minimum Gasteiger partial charge on any atom is -0.469 e. The molecule has 1 aliphatic rings. The van der Waals surface area contributed by atoms with Crippen molar-refractivity contribution < 1.29 is 24.1 Å². The molecule has 0 spiro atoms. The lowest BCUT2D eigenvalue weighted by Crippen LogP contribution is -2.48.